The second-order valence-electron chi connectivity index (χ2n) is 5.35. The quantitative estimate of drug-likeness (QED) is 0.528. The van der Waals surface area contributed by atoms with Crippen molar-refractivity contribution in [3.63, 3.8) is 0 Å². The average molecular weight is 367 g/mol. The number of halogens is 4. The van der Waals surface area contributed by atoms with E-state index in [0.29, 0.717) is 36.7 Å². The smallest absolute Gasteiger partial charge is 0.369 e. The zero-order valence-corrected chi connectivity index (χ0v) is 13.3. The molecule has 6 nitrogen and oxygen atoms in total. The molecule has 0 radical (unpaired) electrons. The van der Waals surface area contributed by atoms with E-state index in [1.54, 1.807) is 12.1 Å². The molecule has 2 heterocycles. The van der Waals surface area contributed by atoms with E-state index in [4.69, 9.17) is 4.52 Å². The number of aromatic nitrogens is 4. The summed E-state index contributed by atoms with van der Waals surface area (Å²) in [6.45, 7) is 0.439. The first kappa shape index (κ1) is 17.8. The number of nitrogens with zero attached hydrogens (tertiary/aromatic N) is 4. The molecule has 0 spiro atoms. The predicted molar refractivity (Wildman–Crippen MR) is 83.5 cm³/mol. The van der Waals surface area contributed by atoms with Crippen LogP contribution in [0.5, 0.6) is 0 Å². The van der Waals surface area contributed by atoms with Crippen LogP contribution in [0.2, 0.25) is 0 Å². The molecule has 0 aliphatic heterocycles. The second-order valence-corrected chi connectivity index (χ2v) is 5.35. The molecule has 1 N–H and O–H groups in total. The van der Waals surface area contributed by atoms with E-state index < -0.39 is 11.9 Å². The Morgan fingerprint density at radius 3 is 2.42 bits per heavy atom. The van der Waals surface area contributed by atoms with Gasteiger partial charge >= 0.3 is 6.18 Å². The van der Waals surface area contributed by atoms with Gasteiger partial charge in [0.15, 0.2) is 5.69 Å². The van der Waals surface area contributed by atoms with E-state index in [2.05, 4.69) is 25.7 Å². The van der Waals surface area contributed by atoms with Crippen LogP contribution in [-0.4, -0.2) is 26.9 Å². The Hall–Kier alpha value is -3.04. The maximum absolute atomic E-state index is 12.9. The number of alkyl halides is 3. The van der Waals surface area contributed by atoms with Crippen molar-refractivity contribution in [3.8, 4) is 11.4 Å². The molecule has 3 aromatic rings. The van der Waals surface area contributed by atoms with Crippen molar-refractivity contribution in [2.24, 2.45) is 0 Å². The van der Waals surface area contributed by atoms with Crippen LogP contribution in [-0.2, 0) is 12.6 Å². The van der Waals surface area contributed by atoms with Crippen molar-refractivity contribution in [2.45, 2.75) is 19.0 Å². The molecule has 0 aliphatic rings. The van der Waals surface area contributed by atoms with Gasteiger partial charge in [-0.25, -0.2) is 4.39 Å². The third-order valence-electron chi connectivity index (χ3n) is 3.40. The van der Waals surface area contributed by atoms with Crippen molar-refractivity contribution < 1.29 is 22.1 Å². The Morgan fingerprint density at radius 1 is 1.00 bits per heavy atom. The molecule has 0 saturated carbocycles. The largest absolute Gasteiger partial charge is 0.435 e. The second kappa shape index (κ2) is 7.46. The predicted octanol–water partition coefficient (Wildman–Crippen LogP) is 3.73. The highest BCUT2D eigenvalue weighted by Crippen LogP contribution is 2.27. The molecule has 2 aromatic heterocycles. The SMILES string of the molecule is Fc1ccc(-c2noc(CCCNc3ccc(C(F)(F)F)nn3)n2)cc1. The molecule has 3 rings (SSSR count). The zero-order valence-electron chi connectivity index (χ0n) is 13.3. The number of hydrogen-bond acceptors (Lipinski definition) is 6. The van der Waals surface area contributed by atoms with Gasteiger partial charge in [0.25, 0.3) is 0 Å². The maximum atomic E-state index is 12.9. The van der Waals surface area contributed by atoms with Crippen LogP contribution in [0.3, 0.4) is 0 Å². The molecule has 0 unspecified atom stereocenters. The van der Waals surface area contributed by atoms with E-state index >= 15 is 0 Å². The summed E-state index contributed by atoms with van der Waals surface area (Å²) in [4.78, 5) is 4.21. The van der Waals surface area contributed by atoms with Crippen molar-refractivity contribution in [3.05, 3.63) is 53.8 Å². The molecule has 10 heteroatoms. The number of anilines is 1. The minimum atomic E-state index is -4.51. The summed E-state index contributed by atoms with van der Waals surface area (Å²) in [6.07, 6.45) is -3.45. The third-order valence-corrected chi connectivity index (χ3v) is 3.40. The number of hydrogen-bond donors (Lipinski definition) is 1. The molecule has 0 atom stereocenters. The van der Waals surface area contributed by atoms with Crippen LogP contribution in [0.25, 0.3) is 11.4 Å². The van der Waals surface area contributed by atoms with Crippen molar-refractivity contribution in [1.82, 2.24) is 20.3 Å². The van der Waals surface area contributed by atoms with Gasteiger partial charge in [-0.3, -0.25) is 0 Å². The zero-order chi connectivity index (χ0) is 18.6. The van der Waals surface area contributed by atoms with Crippen molar-refractivity contribution in [1.29, 1.82) is 0 Å². The van der Waals surface area contributed by atoms with Gasteiger partial charge in [-0.1, -0.05) is 5.16 Å². The Morgan fingerprint density at radius 2 is 1.77 bits per heavy atom. The number of nitrogens with one attached hydrogen (secondary N) is 1. The fourth-order valence-corrected chi connectivity index (χ4v) is 2.11. The monoisotopic (exact) mass is 367 g/mol. The van der Waals surface area contributed by atoms with Gasteiger partial charge < -0.3 is 9.84 Å². The highest BCUT2D eigenvalue weighted by Gasteiger charge is 2.32. The van der Waals surface area contributed by atoms with Gasteiger partial charge in [0.1, 0.15) is 11.6 Å². The van der Waals surface area contributed by atoms with E-state index in [-0.39, 0.29) is 11.6 Å². The summed E-state index contributed by atoms with van der Waals surface area (Å²) >= 11 is 0. The molecular formula is C16H13F4N5O. The lowest BCUT2D eigenvalue weighted by atomic mass is 10.2. The highest BCUT2D eigenvalue weighted by molar-refractivity contribution is 5.53. The molecule has 0 bridgehead atoms. The van der Waals surface area contributed by atoms with E-state index in [0.717, 1.165) is 6.07 Å². The standard InChI is InChI=1S/C16H13F4N5O/c17-11-5-3-10(4-6-11)15-22-14(26-25-15)2-1-9-21-13-8-7-12(23-24-13)16(18,19)20/h3-8H,1-2,9H2,(H,21,24). The Balaban J connectivity index is 1.47. The molecule has 0 aliphatic carbocycles. The van der Waals surface area contributed by atoms with E-state index in [1.807, 2.05) is 0 Å². The topological polar surface area (TPSA) is 76.7 Å². The highest BCUT2D eigenvalue weighted by atomic mass is 19.4. The van der Waals surface area contributed by atoms with Crippen LogP contribution >= 0.6 is 0 Å². The maximum Gasteiger partial charge on any atom is 0.435 e. The average Bonchev–Trinajstić information content (AvgIpc) is 3.08. The van der Waals surface area contributed by atoms with Crippen LogP contribution in [0, 0.1) is 5.82 Å². The lowest BCUT2D eigenvalue weighted by molar-refractivity contribution is -0.141. The molecule has 0 fully saturated rings. The lowest BCUT2D eigenvalue weighted by Gasteiger charge is -2.06. The molecule has 0 saturated heterocycles. The van der Waals surface area contributed by atoms with E-state index in [9.17, 15) is 17.6 Å². The molecule has 1 aromatic carbocycles. The summed E-state index contributed by atoms with van der Waals surface area (Å²) in [5.74, 6) is 0.664. The summed E-state index contributed by atoms with van der Waals surface area (Å²) in [7, 11) is 0. The van der Waals surface area contributed by atoms with E-state index in [1.165, 1.54) is 18.2 Å². The van der Waals surface area contributed by atoms with Crippen molar-refractivity contribution in [2.75, 3.05) is 11.9 Å². The Bertz CT molecular complexity index is 846. The van der Waals surface area contributed by atoms with Gasteiger partial charge in [0.2, 0.25) is 11.7 Å². The minimum absolute atomic E-state index is 0.246. The Labute approximate surface area is 145 Å². The van der Waals surface area contributed by atoms with Gasteiger partial charge in [0, 0.05) is 18.5 Å². The molecule has 0 amide bonds. The van der Waals surface area contributed by atoms with Gasteiger partial charge in [0.05, 0.1) is 0 Å². The van der Waals surface area contributed by atoms with Crippen LogP contribution in [0.4, 0.5) is 23.4 Å². The first-order valence-electron chi connectivity index (χ1n) is 7.65. The van der Waals surface area contributed by atoms with Crippen LogP contribution in [0.1, 0.15) is 18.0 Å². The van der Waals surface area contributed by atoms with Crippen LogP contribution in [0.15, 0.2) is 40.9 Å². The summed E-state index contributed by atoms with van der Waals surface area (Å²) in [5.41, 5.74) is -0.401. The third kappa shape index (κ3) is 4.52. The normalized spacial score (nSPS) is 11.5. The fraction of sp³-hybridized carbons (Fsp3) is 0.250. The minimum Gasteiger partial charge on any atom is -0.369 e. The van der Waals surface area contributed by atoms with Gasteiger partial charge in [-0.2, -0.15) is 18.2 Å². The number of aryl methyl sites for hydroxylation is 1. The lowest BCUT2D eigenvalue weighted by Crippen LogP contribution is -2.11. The van der Waals surface area contributed by atoms with Gasteiger partial charge in [-0.15, -0.1) is 10.2 Å². The number of rotatable bonds is 6. The molecular weight excluding hydrogens is 354 g/mol. The van der Waals surface area contributed by atoms with Crippen LogP contribution < -0.4 is 5.32 Å². The number of benzene rings is 1. The van der Waals surface area contributed by atoms with Gasteiger partial charge in [-0.05, 0) is 42.8 Å². The first-order chi connectivity index (χ1) is 12.4. The first-order valence-corrected chi connectivity index (χ1v) is 7.65. The summed E-state index contributed by atoms with van der Waals surface area (Å²) in [6, 6.07) is 7.79. The van der Waals surface area contributed by atoms with Crippen molar-refractivity contribution >= 4 is 5.82 Å². The molecule has 136 valence electrons. The summed E-state index contributed by atoms with van der Waals surface area (Å²) in [5, 5.41) is 13.3. The fourth-order valence-electron chi connectivity index (χ4n) is 2.11. The molecule has 26 heavy (non-hydrogen) atoms. The summed E-state index contributed by atoms with van der Waals surface area (Å²) < 4.78 is 55.2. The Kier molecular flexibility index (Phi) is 5.10.